The first kappa shape index (κ1) is 15.7. The predicted molar refractivity (Wildman–Crippen MR) is 77.8 cm³/mol. The topological polar surface area (TPSA) is 69.7 Å². The van der Waals surface area contributed by atoms with Crippen molar-refractivity contribution < 1.29 is 13.2 Å². The third kappa shape index (κ3) is 4.43. The van der Waals surface area contributed by atoms with E-state index in [1.807, 2.05) is 6.92 Å². The van der Waals surface area contributed by atoms with Gasteiger partial charge in [-0.15, -0.1) is 0 Å². The van der Waals surface area contributed by atoms with Crippen LogP contribution in [0.5, 0.6) is 0 Å². The number of sulfonamides is 1. The molecule has 7 heteroatoms. The zero-order valence-corrected chi connectivity index (χ0v) is 13.0. The molecule has 20 heavy (non-hydrogen) atoms. The molecule has 1 saturated heterocycles. The van der Waals surface area contributed by atoms with Crippen molar-refractivity contribution in [1.82, 2.24) is 14.5 Å². The number of hydrogen-bond acceptors (Lipinski definition) is 4. The van der Waals surface area contributed by atoms with Crippen LogP contribution in [-0.2, 0) is 14.8 Å². The highest BCUT2D eigenvalue weighted by Gasteiger charge is 2.28. The Morgan fingerprint density at radius 3 is 2.40 bits per heavy atom. The van der Waals surface area contributed by atoms with Crippen LogP contribution in [0, 0.1) is 5.92 Å². The molecule has 0 atom stereocenters. The number of rotatable bonds is 7. The van der Waals surface area contributed by atoms with Gasteiger partial charge in [0.1, 0.15) is 0 Å². The molecule has 0 spiro atoms. The van der Waals surface area contributed by atoms with Crippen molar-refractivity contribution in [3.63, 3.8) is 0 Å². The summed E-state index contributed by atoms with van der Waals surface area (Å²) in [6.45, 7) is 5.03. The van der Waals surface area contributed by atoms with E-state index in [-0.39, 0.29) is 11.7 Å². The Morgan fingerprint density at radius 1 is 1.20 bits per heavy atom. The van der Waals surface area contributed by atoms with E-state index in [0.717, 1.165) is 12.5 Å². The number of piperazine rings is 1. The lowest BCUT2D eigenvalue weighted by molar-refractivity contribution is -0.131. The highest BCUT2D eigenvalue weighted by atomic mass is 32.2. The van der Waals surface area contributed by atoms with E-state index in [4.69, 9.17) is 0 Å². The normalized spacial score (nSPS) is 21.1. The van der Waals surface area contributed by atoms with Gasteiger partial charge in [0.15, 0.2) is 0 Å². The fourth-order valence-corrected chi connectivity index (χ4v) is 3.91. The summed E-state index contributed by atoms with van der Waals surface area (Å²) < 4.78 is 25.4. The number of amides is 1. The van der Waals surface area contributed by atoms with Crippen molar-refractivity contribution in [2.45, 2.75) is 26.2 Å². The molecule has 2 aliphatic rings. The highest BCUT2D eigenvalue weighted by Crippen LogP contribution is 2.27. The first-order valence-electron chi connectivity index (χ1n) is 7.49. The van der Waals surface area contributed by atoms with Crippen LogP contribution in [0.1, 0.15) is 26.2 Å². The Bertz CT molecular complexity index is 426. The van der Waals surface area contributed by atoms with Gasteiger partial charge >= 0.3 is 0 Å². The first-order chi connectivity index (χ1) is 9.53. The minimum Gasteiger partial charge on any atom is -0.339 e. The second-order valence-electron chi connectivity index (χ2n) is 5.67. The summed E-state index contributed by atoms with van der Waals surface area (Å²) in [4.78, 5) is 13.7. The largest absolute Gasteiger partial charge is 0.339 e. The molecule has 1 aliphatic carbocycles. The molecule has 1 N–H and O–H groups in total. The van der Waals surface area contributed by atoms with Crippen molar-refractivity contribution in [2.75, 3.05) is 45.0 Å². The third-order valence-corrected chi connectivity index (χ3v) is 5.93. The predicted octanol–water partition coefficient (Wildman–Crippen LogP) is -0.130. The SMILES string of the molecule is CCCS(=O)(=O)N1CCN(C(=O)CNCC2CC2)CC1. The Morgan fingerprint density at radius 2 is 1.85 bits per heavy atom. The Kier molecular flexibility index (Phi) is 5.40. The summed E-state index contributed by atoms with van der Waals surface area (Å²) in [6.07, 6.45) is 3.18. The number of nitrogens with zero attached hydrogens (tertiary/aromatic N) is 2. The van der Waals surface area contributed by atoms with E-state index in [1.165, 1.54) is 17.1 Å². The van der Waals surface area contributed by atoms with E-state index >= 15 is 0 Å². The zero-order valence-electron chi connectivity index (χ0n) is 12.2. The molecule has 0 bridgehead atoms. The van der Waals surface area contributed by atoms with E-state index in [2.05, 4.69) is 5.32 Å². The monoisotopic (exact) mass is 303 g/mol. The van der Waals surface area contributed by atoms with Gasteiger partial charge in [-0.2, -0.15) is 4.31 Å². The fraction of sp³-hybridized carbons (Fsp3) is 0.923. The molecular formula is C13H25N3O3S. The molecule has 116 valence electrons. The van der Waals surface area contributed by atoms with Gasteiger partial charge in [0.05, 0.1) is 12.3 Å². The van der Waals surface area contributed by atoms with E-state index < -0.39 is 10.0 Å². The van der Waals surface area contributed by atoms with Gasteiger partial charge in [-0.25, -0.2) is 8.42 Å². The molecule has 0 aromatic rings. The zero-order chi connectivity index (χ0) is 14.6. The molecule has 0 radical (unpaired) electrons. The maximum Gasteiger partial charge on any atom is 0.236 e. The van der Waals surface area contributed by atoms with Crippen molar-refractivity contribution in [3.05, 3.63) is 0 Å². The Labute approximate surface area is 121 Å². The molecule has 0 aromatic carbocycles. The summed E-state index contributed by atoms with van der Waals surface area (Å²) in [5.74, 6) is 1.04. The fourth-order valence-electron chi connectivity index (χ4n) is 2.42. The summed E-state index contributed by atoms with van der Waals surface area (Å²) in [5.41, 5.74) is 0. The van der Waals surface area contributed by atoms with E-state index in [9.17, 15) is 13.2 Å². The van der Waals surface area contributed by atoms with Crippen LogP contribution in [0.4, 0.5) is 0 Å². The number of hydrogen-bond donors (Lipinski definition) is 1. The van der Waals surface area contributed by atoms with Gasteiger partial charge in [0.2, 0.25) is 15.9 Å². The summed E-state index contributed by atoms with van der Waals surface area (Å²) in [7, 11) is -3.12. The maximum atomic E-state index is 12.0. The standard InChI is InChI=1S/C13H25N3O3S/c1-2-9-20(18,19)16-7-5-15(6-8-16)13(17)11-14-10-12-3-4-12/h12,14H,2-11H2,1H3. The van der Waals surface area contributed by atoms with E-state index in [0.29, 0.717) is 39.1 Å². The van der Waals surface area contributed by atoms with Gasteiger partial charge in [-0.05, 0) is 31.7 Å². The molecule has 0 unspecified atom stereocenters. The quantitative estimate of drug-likeness (QED) is 0.711. The van der Waals surface area contributed by atoms with Crippen LogP contribution < -0.4 is 5.32 Å². The number of carbonyl (C=O) groups excluding carboxylic acids is 1. The highest BCUT2D eigenvalue weighted by molar-refractivity contribution is 7.89. The lowest BCUT2D eigenvalue weighted by atomic mass is 10.3. The van der Waals surface area contributed by atoms with Gasteiger partial charge in [-0.3, -0.25) is 4.79 Å². The van der Waals surface area contributed by atoms with Gasteiger partial charge in [0, 0.05) is 26.2 Å². The van der Waals surface area contributed by atoms with Gasteiger partial charge in [0.25, 0.3) is 0 Å². The maximum absolute atomic E-state index is 12.0. The molecule has 1 heterocycles. The molecule has 6 nitrogen and oxygen atoms in total. The van der Waals surface area contributed by atoms with Crippen LogP contribution in [-0.4, -0.2) is 68.6 Å². The molecule has 2 rings (SSSR count). The lowest BCUT2D eigenvalue weighted by Gasteiger charge is -2.34. The van der Waals surface area contributed by atoms with E-state index in [1.54, 1.807) is 4.90 Å². The third-order valence-electron chi connectivity index (χ3n) is 3.85. The van der Waals surface area contributed by atoms with Gasteiger partial charge < -0.3 is 10.2 Å². The van der Waals surface area contributed by atoms with Crippen molar-refractivity contribution in [2.24, 2.45) is 5.92 Å². The smallest absolute Gasteiger partial charge is 0.236 e. The molecular weight excluding hydrogens is 278 g/mol. The second kappa shape index (κ2) is 6.87. The minimum absolute atomic E-state index is 0.0817. The minimum atomic E-state index is -3.12. The summed E-state index contributed by atoms with van der Waals surface area (Å²) >= 11 is 0. The summed E-state index contributed by atoms with van der Waals surface area (Å²) in [6, 6.07) is 0. The van der Waals surface area contributed by atoms with Crippen molar-refractivity contribution in [1.29, 1.82) is 0 Å². The van der Waals surface area contributed by atoms with Crippen LogP contribution in [0.3, 0.4) is 0 Å². The Balaban J connectivity index is 1.71. The number of nitrogens with one attached hydrogen (secondary N) is 1. The average molecular weight is 303 g/mol. The van der Waals surface area contributed by atoms with Crippen molar-refractivity contribution >= 4 is 15.9 Å². The second-order valence-corrected chi connectivity index (χ2v) is 7.76. The Hall–Kier alpha value is -0.660. The molecule has 1 amide bonds. The molecule has 1 saturated carbocycles. The lowest BCUT2D eigenvalue weighted by Crippen LogP contribution is -2.52. The van der Waals surface area contributed by atoms with Crippen LogP contribution in [0.25, 0.3) is 0 Å². The summed E-state index contributed by atoms with van der Waals surface area (Å²) in [5, 5.41) is 3.18. The number of carbonyl (C=O) groups is 1. The van der Waals surface area contributed by atoms with Crippen molar-refractivity contribution in [3.8, 4) is 0 Å². The van der Waals surface area contributed by atoms with Gasteiger partial charge in [-0.1, -0.05) is 6.92 Å². The molecule has 0 aromatic heterocycles. The first-order valence-corrected chi connectivity index (χ1v) is 9.10. The van der Waals surface area contributed by atoms with Crippen LogP contribution >= 0.6 is 0 Å². The van der Waals surface area contributed by atoms with Crippen LogP contribution in [0.2, 0.25) is 0 Å². The molecule has 1 aliphatic heterocycles. The average Bonchev–Trinajstić information content (AvgIpc) is 3.23. The van der Waals surface area contributed by atoms with Crippen LogP contribution in [0.15, 0.2) is 0 Å². The molecule has 2 fully saturated rings.